The third-order valence-electron chi connectivity index (χ3n) is 3.39. The Morgan fingerprint density at radius 2 is 2.12 bits per heavy atom. The standard InChI is InChI=1S/C12H20ClN3/c13-6-9-15(12-4-1-2-5-12)10-11-16-8-3-7-14-16/h3,7-8,12H,1-2,4-6,9-11H2. The molecule has 0 amide bonds. The largest absolute Gasteiger partial charge is 0.297 e. The van der Waals surface area contributed by atoms with Gasteiger partial charge >= 0.3 is 0 Å². The molecular weight excluding hydrogens is 222 g/mol. The lowest BCUT2D eigenvalue weighted by Gasteiger charge is -2.27. The zero-order valence-electron chi connectivity index (χ0n) is 9.69. The summed E-state index contributed by atoms with van der Waals surface area (Å²) in [6.45, 7) is 3.05. The monoisotopic (exact) mass is 241 g/mol. The molecule has 3 nitrogen and oxygen atoms in total. The molecule has 0 radical (unpaired) electrons. The summed E-state index contributed by atoms with van der Waals surface area (Å²) in [4.78, 5) is 2.53. The van der Waals surface area contributed by atoms with Crippen LogP contribution in [0.25, 0.3) is 0 Å². The van der Waals surface area contributed by atoms with Crippen LogP contribution < -0.4 is 0 Å². The lowest BCUT2D eigenvalue weighted by molar-refractivity contribution is 0.199. The first kappa shape index (κ1) is 11.9. The Labute approximate surface area is 102 Å². The van der Waals surface area contributed by atoms with E-state index in [2.05, 4.69) is 10.00 Å². The van der Waals surface area contributed by atoms with Gasteiger partial charge in [-0.05, 0) is 18.9 Å². The minimum Gasteiger partial charge on any atom is -0.297 e. The maximum Gasteiger partial charge on any atom is 0.0536 e. The van der Waals surface area contributed by atoms with Gasteiger partial charge in [0.25, 0.3) is 0 Å². The highest BCUT2D eigenvalue weighted by atomic mass is 35.5. The number of hydrogen-bond donors (Lipinski definition) is 0. The molecule has 0 saturated heterocycles. The van der Waals surface area contributed by atoms with E-state index in [1.54, 1.807) is 0 Å². The van der Waals surface area contributed by atoms with Gasteiger partial charge in [0.1, 0.15) is 0 Å². The number of halogens is 1. The van der Waals surface area contributed by atoms with Crippen molar-refractivity contribution in [3.05, 3.63) is 18.5 Å². The first-order valence-electron chi connectivity index (χ1n) is 6.17. The molecule has 1 fully saturated rings. The topological polar surface area (TPSA) is 21.1 Å². The van der Waals surface area contributed by atoms with Crippen molar-refractivity contribution in [2.45, 2.75) is 38.3 Å². The highest BCUT2D eigenvalue weighted by molar-refractivity contribution is 6.18. The molecule has 0 unspecified atom stereocenters. The fourth-order valence-corrected chi connectivity index (χ4v) is 2.74. The van der Waals surface area contributed by atoms with Crippen LogP contribution in [0.4, 0.5) is 0 Å². The summed E-state index contributed by atoms with van der Waals surface area (Å²) in [5.41, 5.74) is 0. The number of rotatable bonds is 6. The van der Waals surface area contributed by atoms with Crippen molar-refractivity contribution < 1.29 is 0 Å². The van der Waals surface area contributed by atoms with Crippen molar-refractivity contribution in [3.8, 4) is 0 Å². The van der Waals surface area contributed by atoms with Crippen LogP contribution in [-0.2, 0) is 6.54 Å². The summed E-state index contributed by atoms with van der Waals surface area (Å²) in [7, 11) is 0. The molecule has 0 bridgehead atoms. The van der Waals surface area contributed by atoms with Crippen LogP contribution in [0.1, 0.15) is 25.7 Å². The van der Waals surface area contributed by atoms with E-state index >= 15 is 0 Å². The normalized spacial score (nSPS) is 17.4. The lowest BCUT2D eigenvalue weighted by Crippen LogP contribution is -2.37. The highest BCUT2D eigenvalue weighted by Gasteiger charge is 2.21. The number of hydrogen-bond acceptors (Lipinski definition) is 2. The van der Waals surface area contributed by atoms with Crippen LogP contribution in [0.2, 0.25) is 0 Å². The zero-order valence-corrected chi connectivity index (χ0v) is 10.4. The van der Waals surface area contributed by atoms with Gasteiger partial charge in [-0.25, -0.2) is 0 Å². The van der Waals surface area contributed by atoms with Gasteiger partial charge in [0, 0.05) is 37.4 Å². The molecule has 1 aromatic rings. The van der Waals surface area contributed by atoms with Gasteiger partial charge in [-0.2, -0.15) is 5.10 Å². The second kappa shape index (κ2) is 6.26. The highest BCUT2D eigenvalue weighted by Crippen LogP contribution is 2.23. The molecule has 0 atom stereocenters. The van der Waals surface area contributed by atoms with Crippen LogP contribution in [0.5, 0.6) is 0 Å². The molecule has 2 rings (SSSR count). The fourth-order valence-electron chi connectivity index (χ4n) is 2.52. The molecular formula is C12H20ClN3. The molecule has 1 saturated carbocycles. The summed E-state index contributed by atoms with van der Waals surface area (Å²) in [6.07, 6.45) is 9.30. The summed E-state index contributed by atoms with van der Waals surface area (Å²) >= 11 is 5.87. The van der Waals surface area contributed by atoms with E-state index in [0.717, 1.165) is 31.6 Å². The second-order valence-electron chi connectivity index (χ2n) is 4.43. The van der Waals surface area contributed by atoms with Crippen molar-refractivity contribution in [1.29, 1.82) is 0 Å². The molecule has 0 aromatic carbocycles. The van der Waals surface area contributed by atoms with Gasteiger partial charge in [0.2, 0.25) is 0 Å². The van der Waals surface area contributed by atoms with E-state index in [1.165, 1.54) is 25.7 Å². The van der Waals surface area contributed by atoms with Crippen LogP contribution in [0, 0.1) is 0 Å². The molecule has 0 spiro atoms. The maximum atomic E-state index is 5.87. The Balaban J connectivity index is 1.82. The van der Waals surface area contributed by atoms with Crippen LogP contribution in [-0.4, -0.2) is 39.7 Å². The summed E-state index contributed by atoms with van der Waals surface area (Å²) < 4.78 is 2.00. The van der Waals surface area contributed by atoms with Gasteiger partial charge < -0.3 is 0 Å². The van der Waals surface area contributed by atoms with Crippen molar-refractivity contribution in [2.75, 3.05) is 19.0 Å². The molecule has 1 aliphatic rings. The molecule has 4 heteroatoms. The van der Waals surface area contributed by atoms with E-state index in [0.29, 0.717) is 0 Å². The van der Waals surface area contributed by atoms with E-state index < -0.39 is 0 Å². The Bertz CT molecular complexity index is 280. The molecule has 1 aromatic heterocycles. The predicted molar refractivity (Wildman–Crippen MR) is 66.8 cm³/mol. The average Bonchev–Trinajstić information content (AvgIpc) is 2.96. The number of aromatic nitrogens is 2. The second-order valence-corrected chi connectivity index (χ2v) is 4.81. The third kappa shape index (κ3) is 3.22. The Morgan fingerprint density at radius 3 is 2.75 bits per heavy atom. The maximum absolute atomic E-state index is 5.87. The van der Waals surface area contributed by atoms with Crippen LogP contribution in [0.15, 0.2) is 18.5 Å². The van der Waals surface area contributed by atoms with E-state index in [1.807, 2.05) is 23.1 Å². The molecule has 1 heterocycles. The van der Waals surface area contributed by atoms with Crippen LogP contribution >= 0.6 is 11.6 Å². The van der Waals surface area contributed by atoms with Crippen molar-refractivity contribution >= 4 is 11.6 Å². The van der Waals surface area contributed by atoms with E-state index in [4.69, 9.17) is 11.6 Å². The smallest absolute Gasteiger partial charge is 0.0536 e. The Morgan fingerprint density at radius 1 is 1.31 bits per heavy atom. The van der Waals surface area contributed by atoms with Crippen LogP contribution in [0.3, 0.4) is 0 Å². The number of alkyl halides is 1. The Hall–Kier alpha value is -0.540. The molecule has 0 N–H and O–H groups in total. The summed E-state index contributed by atoms with van der Waals surface area (Å²) in [5, 5.41) is 4.23. The van der Waals surface area contributed by atoms with Gasteiger partial charge in [-0.1, -0.05) is 12.8 Å². The number of nitrogens with zero attached hydrogens (tertiary/aromatic N) is 3. The van der Waals surface area contributed by atoms with Gasteiger partial charge in [0.05, 0.1) is 6.54 Å². The zero-order chi connectivity index (χ0) is 11.2. The predicted octanol–water partition coefficient (Wildman–Crippen LogP) is 2.37. The van der Waals surface area contributed by atoms with Crippen molar-refractivity contribution in [2.24, 2.45) is 0 Å². The quantitative estimate of drug-likeness (QED) is 0.713. The van der Waals surface area contributed by atoms with Gasteiger partial charge in [-0.3, -0.25) is 9.58 Å². The van der Waals surface area contributed by atoms with E-state index in [9.17, 15) is 0 Å². The first-order valence-corrected chi connectivity index (χ1v) is 6.71. The minimum absolute atomic E-state index is 0.732. The third-order valence-corrected chi connectivity index (χ3v) is 3.56. The lowest BCUT2D eigenvalue weighted by atomic mass is 10.2. The van der Waals surface area contributed by atoms with E-state index in [-0.39, 0.29) is 0 Å². The van der Waals surface area contributed by atoms with Gasteiger partial charge in [0.15, 0.2) is 0 Å². The molecule has 1 aliphatic carbocycles. The van der Waals surface area contributed by atoms with Crippen molar-refractivity contribution in [1.82, 2.24) is 14.7 Å². The SMILES string of the molecule is ClCCN(CCn1cccn1)C1CCCC1. The minimum atomic E-state index is 0.732. The van der Waals surface area contributed by atoms with Gasteiger partial charge in [-0.15, -0.1) is 11.6 Å². The molecule has 16 heavy (non-hydrogen) atoms. The first-order chi connectivity index (χ1) is 7.90. The summed E-state index contributed by atoms with van der Waals surface area (Å²) in [5.74, 6) is 0.732. The molecule has 0 aliphatic heterocycles. The Kier molecular flexibility index (Phi) is 4.67. The fraction of sp³-hybridized carbons (Fsp3) is 0.750. The summed E-state index contributed by atoms with van der Waals surface area (Å²) in [6, 6.07) is 2.73. The average molecular weight is 242 g/mol. The molecule has 90 valence electrons. The van der Waals surface area contributed by atoms with Crippen molar-refractivity contribution in [3.63, 3.8) is 0 Å².